The Morgan fingerprint density at radius 1 is 1.50 bits per heavy atom. The minimum atomic E-state index is -3.21. The Morgan fingerprint density at radius 3 is 2.78 bits per heavy atom. The smallest absolute Gasteiger partial charge is 0.213 e. The van der Waals surface area contributed by atoms with Crippen LogP contribution in [-0.2, 0) is 10.0 Å². The first-order chi connectivity index (χ1) is 8.37. The SMILES string of the molecule is CCNS(=O)(=O)CCNc1ncc(N)c(C)c1Br. The Labute approximate surface area is 116 Å². The van der Waals surface area contributed by atoms with E-state index in [0.717, 1.165) is 10.0 Å². The number of pyridine rings is 1. The molecular formula is C10H17BrN4O2S. The molecule has 6 nitrogen and oxygen atoms in total. The first-order valence-corrected chi connectivity index (χ1v) is 7.93. The summed E-state index contributed by atoms with van der Waals surface area (Å²) in [5, 5.41) is 2.96. The van der Waals surface area contributed by atoms with Crippen LogP contribution in [0.3, 0.4) is 0 Å². The van der Waals surface area contributed by atoms with Crippen molar-refractivity contribution < 1.29 is 8.42 Å². The average molecular weight is 337 g/mol. The van der Waals surface area contributed by atoms with Gasteiger partial charge in [-0.15, -0.1) is 0 Å². The number of nitrogens with one attached hydrogen (secondary N) is 2. The van der Waals surface area contributed by atoms with E-state index >= 15 is 0 Å². The van der Waals surface area contributed by atoms with Crippen molar-refractivity contribution in [3.63, 3.8) is 0 Å². The van der Waals surface area contributed by atoms with Crippen molar-refractivity contribution in [2.45, 2.75) is 13.8 Å². The molecule has 102 valence electrons. The van der Waals surface area contributed by atoms with Crippen molar-refractivity contribution in [1.29, 1.82) is 0 Å². The van der Waals surface area contributed by atoms with Gasteiger partial charge in [-0.05, 0) is 28.4 Å². The molecule has 8 heteroatoms. The quantitative estimate of drug-likeness (QED) is 0.722. The highest BCUT2D eigenvalue weighted by atomic mass is 79.9. The highest BCUT2D eigenvalue weighted by Crippen LogP contribution is 2.27. The minimum absolute atomic E-state index is 0.00160. The van der Waals surface area contributed by atoms with E-state index in [-0.39, 0.29) is 12.3 Å². The normalized spacial score (nSPS) is 11.5. The van der Waals surface area contributed by atoms with Crippen LogP contribution in [0.15, 0.2) is 10.7 Å². The molecule has 18 heavy (non-hydrogen) atoms. The molecule has 0 amide bonds. The van der Waals surface area contributed by atoms with Crippen LogP contribution in [-0.4, -0.2) is 32.2 Å². The lowest BCUT2D eigenvalue weighted by molar-refractivity contribution is 0.584. The van der Waals surface area contributed by atoms with E-state index in [4.69, 9.17) is 5.73 Å². The third-order valence-corrected chi connectivity index (χ3v) is 4.77. The molecule has 0 aliphatic carbocycles. The summed E-state index contributed by atoms with van der Waals surface area (Å²) in [5.41, 5.74) is 7.17. The van der Waals surface area contributed by atoms with Crippen molar-refractivity contribution in [2.24, 2.45) is 0 Å². The van der Waals surface area contributed by atoms with Crippen LogP contribution < -0.4 is 15.8 Å². The lowest BCUT2D eigenvalue weighted by Crippen LogP contribution is -2.29. The van der Waals surface area contributed by atoms with Gasteiger partial charge in [0, 0.05) is 13.1 Å². The van der Waals surface area contributed by atoms with E-state index < -0.39 is 10.0 Å². The molecule has 0 aliphatic heterocycles. The predicted octanol–water partition coefficient (Wildman–Crippen LogP) is 1.09. The van der Waals surface area contributed by atoms with Crippen LogP contribution in [0.5, 0.6) is 0 Å². The zero-order chi connectivity index (χ0) is 13.8. The van der Waals surface area contributed by atoms with E-state index in [2.05, 4.69) is 31.0 Å². The summed E-state index contributed by atoms with van der Waals surface area (Å²) in [4.78, 5) is 4.11. The number of nitrogen functional groups attached to an aromatic ring is 1. The Bertz CT molecular complexity index is 519. The molecule has 4 N–H and O–H groups in total. The molecule has 0 atom stereocenters. The maximum Gasteiger partial charge on any atom is 0.213 e. The fourth-order valence-corrected chi connectivity index (χ4v) is 2.74. The molecule has 0 unspecified atom stereocenters. The zero-order valence-corrected chi connectivity index (χ0v) is 12.7. The first-order valence-electron chi connectivity index (χ1n) is 5.49. The van der Waals surface area contributed by atoms with Crippen LogP contribution >= 0.6 is 15.9 Å². The molecular weight excluding hydrogens is 320 g/mol. The molecule has 0 spiro atoms. The summed E-state index contributed by atoms with van der Waals surface area (Å²) in [6.45, 7) is 4.28. The van der Waals surface area contributed by atoms with Gasteiger partial charge < -0.3 is 11.1 Å². The van der Waals surface area contributed by atoms with E-state index in [9.17, 15) is 8.42 Å². The topological polar surface area (TPSA) is 97.1 Å². The molecule has 0 aliphatic rings. The van der Waals surface area contributed by atoms with Gasteiger partial charge in [-0.1, -0.05) is 6.92 Å². The number of hydrogen-bond acceptors (Lipinski definition) is 5. The van der Waals surface area contributed by atoms with Crippen LogP contribution in [0.2, 0.25) is 0 Å². The molecule has 0 saturated heterocycles. The van der Waals surface area contributed by atoms with Gasteiger partial charge in [0.15, 0.2) is 0 Å². The Hall–Kier alpha value is -0.860. The monoisotopic (exact) mass is 336 g/mol. The molecule has 0 aromatic carbocycles. The number of nitrogens with two attached hydrogens (primary N) is 1. The predicted molar refractivity (Wildman–Crippen MR) is 77.0 cm³/mol. The molecule has 0 radical (unpaired) electrons. The Balaban J connectivity index is 2.63. The van der Waals surface area contributed by atoms with E-state index in [1.165, 1.54) is 0 Å². The summed E-state index contributed by atoms with van der Waals surface area (Å²) >= 11 is 3.37. The second kappa shape index (κ2) is 6.35. The van der Waals surface area contributed by atoms with Crippen molar-refractivity contribution in [3.8, 4) is 0 Å². The number of hydrogen-bond donors (Lipinski definition) is 3. The van der Waals surface area contributed by atoms with Gasteiger partial charge in [-0.3, -0.25) is 0 Å². The summed E-state index contributed by atoms with van der Waals surface area (Å²) in [6, 6.07) is 0. The summed E-state index contributed by atoms with van der Waals surface area (Å²) in [5.74, 6) is 0.590. The van der Waals surface area contributed by atoms with Gasteiger partial charge >= 0.3 is 0 Å². The molecule has 1 heterocycles. The molecule has 1 rings (SSSR count). The van der Waals surface area contributed by atoms with Crippen LogP contribution in [0.1, 0.15) is 12.5 Å². The summed E-state index contributed by atoms with van der Waals surface area (Å²) in [7, 11) is -3.21. The van der Waals surface area contributed by atoms with Gasteiger partial charge in [0.1, 0.15) is 5.82 Å². The number of aromatic nitrogens is 1. The zero-order valence-electron chi connectivity index (χ0n) is 10.3. The van der Waals surface area contributed by atoms with Gasteiger partial charge in [0.25, 0.3) is 0 Å². The Morgan fingerprint density at radius 2 is 2.17 bits per heavy atom. The number of halogens is 1. The third-order valence-electron chi connectivity index (χ3n) is 2.33. The molecule has 1 aromatic rings. The van der Waals surface area contributed by atoms with Crippen molar-refractivity contribution >= 4 is 37.5 Å². The fraction of sp³-hybridized carbons (Fsp3) is 0.500. The van der Waals surface area contributed by atoms with Crippen LogP contribution in [0, 0.1) is 6.92 Å². The number of sulfonamides is 1. The van der Waals surface area contributed by atoms with E-state index in [0.29, 0.717) is 18.1 Å². The molecule has 0 saturated carbocycles. The van der Waals surface area contributed by atoms with Crippen LogP contribution in [0.4, 0.5) is 11.5 Å². The average Bonchev–Trinajstić information content (AvgIpc) is 2.29. The van der Waals surface area contributed by atoms with Crippen molar-refractivity contribution in [1.82, 2.24) is 9.71 Å². The number of rotatable bonds is 6. The number of anilines is 2. The maximum atomic E-state index is 11.4. The van der Waals surface area contributed by atoms with Gasteiger partial charge in [0.2, 0.25) is 10.0 Å². The van der Waals surface area contributed by atoms with Gasteiger partial charge in [-0.2, -0.15) is 0 Å². The standard InChI is InChI=1S/C10H17BrN4O2S/c1-3-15-18(16,17)5-4-13-10-9(11)7(2)8(12)6-14-10/h6,15H,3-5,12H2,1-2H3,(H,13,14). The largest absolute Gasteiger partial charge is 0.397 e. The first kappa shape index (κ1) is 15.2. The third kappa shape index (κ3) is 4.11. The fourth-order valence-electron chi connectivity index (χ4n) is 1.31. The lowest BCUT2D eigenvalue weighted by Gasteiger charge is -2.11. The van der Waals surface area contributed by atoms with Crippen LogP contribution in [0.25, 0.3) is 0 Å². The van der Waals surface area contributed by atoms with Crippen molar-refractivity contribution in [3.05, 3.63) is 16.2 Å². The molecule has 0 bridgehead atoms. The van der Waals surface area contributed by atoms with Gasteiger partial charge in [0.05, 0.1) is 22.1 Å². The van der Waals surface area contributed by atoms with E-state index in [1.54, 1.807) is 13.1 Å². The highest BCUT2D eigenvalue weighted by Gasteiger charge is 2.10. The summed E-state index contributed by atoms with van der Waals surface area (Å²) < 4.78 is 26.0. The highest BCUT2D eigenvalue weighted by molar-refractivity contribution is 9.10. The maximum absolute atomic E-state index is 11.4. The van der Waals surface area contributed by atoms with E-state index in [1.807, 2.05) is 6.92 Å². The summed E-state index contributed by atoms with van der Waals surface area (Å²) in [6.07, 6.45) is 1.54. The minimum Gasteiger partial charge on any atom is -0.397 e. The molecule has 0 fully saturated rings. The second-order valence-corrected chi connectivity index (χ2v) is 6.46. The second-order valence-electron chi connectivity index (χ2n) is 3.74. The van der Waals surface area contributed by atoms with Gasteiger partial charge in [-0.25, -0.2) is 18.1 Å². The molecule has 1 aromatic heterocycles. The van der Waals surface area contributed by atoms with Crippen molar-refractivity contribution in [2.75, 3.05) is 29.9 Å². The number of nitrogens with zero attached hydrogens (tertiary/aromatic N) is 1. The Kier molecular flexibility index (Phi) is 5.36. The lowest BCUT2D eigenvalue weighted by atomic mass is 10.2.